The van der Waals surface area contributed by atoms with Crippen molar-refractivity contribution in [2.75, 3.05) is 20.2 Å². The fourth-order valence-electron chi connectivity index (χ4n) is 2.96. The van der Waals surface area contributed by atoms with Gasteiger partial charge in [-0.25, -0.2) is 4.98 Å². The second kappa shape index (κ2) is 4.90. The number of hydrogen-bond donors (Lipinski definition) is 1. The van der Waals surface area contributed by atoms with E-state index in [2.05, 4.69) is 16.4 Å². The Kier molecular flexibility index (Phi) is 3.27. The summed E-state index contributed by atoms with van der Waals surface area (Å²) in [6, 6.07) is 1.99. The van der Waals surface area contributed by atoms with Crippen molar-refractivity contribution in [1.29, 1.82) is 0 Å². The molecule has 1 aliphatic heterocycles. The Morgan fingerprint density at radius 1 is 1.50 bits per heavy atom. The van der Waals surface area contributed by atoms with Crippen molar-refractivity contribution in [3.63, 3.8) is 0 Å². The maximum absolute atomic E-state index is 5.96. The van der Waals surface area contributed by atoms with Crippen molar-refractivity contribution in [2.24, 2.45) is 11.8 Å². The number of hydrogen-bond acceptors (Lipinski definition) is 3. The second-order valence-corrected chi connectivity index (χ2v) is 5.39. The summed E-state index contributed by atoms with van der Waals surface area (Å²) in [5.74, 6) is 2.13. The number of nitrogens with zero attached hydrogens (tertiary/aromatic N) is 1. The summed E-state index contributed by atoms with van der Waals surface area (Å²) in [7, 11) is 1.62. The van der Waals surface area contributed by atoms with Crippen LogP contribution in [0.4, 0.5) is 0 Å². The average Bonchev–Trinajstić information content (AvgIpc) is 2.83. The van der Waals surface area contributed by atoms with Crippen LogP contribution in [0.15, 0.2) is 18.3 Å². The van der Waals surface area contributed by atoms with Gasteiger partial charge in [0.2, 0.25) is 0 Å². The van der Waals surface area contributed by atoms with Gasteiger partial charge in [-0.2, -0.15) is 0 Å². The molecule has 18 heavy (non-hydrogen) atoms. The molecule has 1 fully saturated rings. The Morgan fingerprint density at radius 2 is 2.39 bits per heavy atom. The molecule has 0 spiro atoms. The number of piperidine rings is 1. The molecule has 1 aromatic heterocycles. The summed E-state index contributed by atoms with van der Waals surface area (Å²) < 4.78 is 5.23. The molecular formula is C14H17ClN2O. The van der Waals surface area contributed by atoms with Gasteiger partial charge >= 0.3 is 0 Å². The zero-order chi connectivity index (χ0) is 12.5. The first-order chi connectivity index (χ1) is 8.78. The summed E-state index contributed by atoms with van der Waals surface area (Å²) >= 11 is 5.96. The van der Waals surface area contributed by atoms with Crippen LogP contribution in [0.1, 0.15) is 18.4 Å². The van der Waals surface area contributed by atoms with Crippen molar-refractivity contribution in [3.8, 4) is 5.75 Å². The molecule has 2 atom stereocenters. The Hall–Kier alpha value is -1.06. The van der Waals surface area contributed by atoms with E-state index in [1.54, 1.807) is 7.11 Å². The van der Waals surface area contributed by atoms with Gasteiger partial charge in [0.1, 0.15) is 0 Å². The highest BCUT2D eigenvalue weighted by Gasteiger charge is 2.30. The lowest BCUT2D eigenvalue weighted by atomic mass is 9.89. The largest absolute Gasteiger partial charge is 0.494 e. The molecule has 0 unspecified atom stereocenters. The average molecular weight is 265 g/mol. The first-order valence-corrected chi connectivity index (χ1v) is 6.77. The maximum atomic E-state index is 5.96. The van der Waals surface area contributed by atoms with Crippen molar-refractivity contribution in [1.82, 2.24) is 10.3 Å². The lowest BCUT2D eigenvalue weighted by molar-refractivity contribution is 0.324. The number of nitrogens with one attached hydrogen (secondary N) is 1. The van der Waals surface area contributed by atoms with Crippen LogP contribution in [0.3, 0.4) is 0 Å². The third-order valence-corrected chi connectivity index (χ3v) is 4.25. The van der Waals surface area contributed by atoms with Gasteiger partial charge in [0.25, 0.3) is 0 Å². The van der Waals surface area contributed by atoms with Gasteiger partial charge in [0.15, 0.2) is 10.9 Å². The van der Waals surface area contributed by atoms with Crippen LogP contribution in [-0.2, 0) is 0 Å². The molecule has 1 saturated heterocycles. The minimum Gasteiger partial charge on any atom is -0.494 e. The predicted molar refractivity (Wildman–Crippen MR) is 72.9 cm³/mol. The van der Waals surface area contributed by atoms with E-state index in [9.17, 15) is 0 Å². The highest BCUT2D eigenvalue weighted by Crippen LogP contribution is 2.40. The molecule has 0 bridgehead atoms. The van der Waals surface area contributed by atoms with Crippen molar-refractivity contribution >= 4 is 17.2 Å². The minimum absolute atomic E-state index is 0.430. The normalized spacial score (nSPS) is 26.7. The van der Waals surface area contributed by atoms with Gasteiger partial charge in [-0.05, 0) is 55.0 Å². The predicted octanol–water partition coefficient (Wildman–Crippen LogP) is 2.76. The first-order valence-electron chi connectivity index (χ1n) is 6.39. The quantitative estimate of drug-likeness (QED) is 0.834. The monoisotopic (exact) mass is 264 g/mol. The second-order valence-electron chi connectivity index (χ2n) is 5.03. The molecular weight excluding hydrogens is 248 g/mol. The summed E-state index contributed by atoms with van der Waals surface area (Å²) in [5, 5.41) is 3.89. The Morgan fingerprint density at radius 3 is 3.17 bits per heavy atom. The Bertz CT molecular complexity index is 487. The van der Waals surface area contributed by atoms with Gasteiger partial charge < -0.3 is 10.1 Å². The van der Waals surface area contributed by atoms with Crippen LogP contribution in [0.25, 0.3) is 5.57 Å². The number of allylic oxidation sites excluding steroid dienone is 2. The minimum atomic E-state index is 0.430. The Labute approximate surface area is 112 Å². The molecule has 2 aliphatic rings. The van der Waals surface area contributed by atoms with E-state index in [1.165, 1.54) is 12.0 Å². The van der Waals surface area contributed by atoms with Crippen LogP contribution in [0, 0.1) is 11.8 Å². The zero-order valence-corrected chi connectivity index (χ0v) is 11.2. The highest BCUT2D eigenvalue weighted by molar-refractivity contribution is 6.30. The molecule has 0 saturated carbocycles. The molecule has 0 amide bonds. The first kappa shape index (κ1) is 12.0. The molecule has 1 N–H and O–H groups in total. The molecule has 3 nitrogen and oxygen atoms in total. The van der Waals surface area contributed by atoms with Crippen LogP contribution < -0.4 is 10.1 Å². The summed E-state index contributed by atoms with van der Waals surface area (Å²) in [5.41, 5.74) is 2.53. The summed E-state index contributed by atoms with van der Waals surface area (Å²) in [6.07, 6.45) is 6.63. The molecule has 4 heteroatoms. The van der Waals surface area contributed by atoms with E-state index in [0.717, 1.165) is 36.9 Å². The molecule has 0 radical (unpaired) electrons. The van der Waals surface area contributed by atoms with Crippen molar-refractivity contribution in [2.45, 2.75) is 12.8 Å². The topological polar surface area (TPSA) is 34.1 Å². The highest BCUT2D eigenvalue weighted by atomic mass is 35.5. The lowest BCUT2D eigenvalue weighted by Gasteiger charge is -2.25. The number of halogens is 1. The van der Waals surface area contributed by atoms with E-state index in [4.69, 9.17) is 16.3 Å². The molecule has 0 aromatic carbocycles. The van der Waals surface area contributed by atoms with E-state index < -0.39 is 0 Å². The molecule has 3 rings (SSSR count). The molecule has 96 valence electrons. The fourth-order valence-corrected chi connectivity index (χ4v) is 3.14. The molecule has 1 aliphatic carbocycles. The van der Waals surface area contributed by atoms with E-state index in [0.29, 0.717) is 10.9 Å². The number of aromatic nitrogens is 1. The van der Waals surface area contributed by atoms with Gasteiger partial charge in [-0.3, -0.25) is 0 Å². The van der Waals surface area contributed by atoms with Gasteiger partial charge in [-0.15, -0.1) is 0 Å². The number of methoxy groups -OCH3 is 1. The third-order valence-electron chi connectivity index (χ3n) is 3.96. The van der Waals surface area contributed by atoms with Crippen molar-refractivity contribution < 1.29 is 4.74 Å². The summed E-state index contributed by atoms with van der Waals surface area (Å²) in [4.78, 5) is 4.20. The molecule has 2 heterocycles. The summed E-state index contributed by atoms with van der Waals surface area (Å²) in [6.45, 7) is 2.26. The van der Waals surface area contributed by atoms with Crippen molar-refractivity contribution in [3.05, 3.63) is 29.1 Å². The molecule has 1 aromatic rings. The van der Waals surface area contributed by atoms with Gasteiger partial charge in [0, 0.05) is 6.20 Å². The lowest BCUT2D eigenvalue weighted by Crippen LogP contribution is -2.33. The van der Waals surface area contributed by atoms with Gasteiger partial charge in [-0.1, -0.05) is 17.7 Å². The standard InChI is InChI=1S/C14H17ClN2O/c1-18-13-6-12(8-17-14(13)15)10-4-9-2-3-16-7-11(9)5-10/h4,6,8-9,11,16H,2-3,5,7H2,1H3/t9-,11-/m1/s1. The third kappa shape index (κ3) is 2.13. The van der Waals surface area contributed by atoms with E-state index in [1.807, 2.05) is 12.3 Å². The van der Waals surface area contributed by atoms with E-state index in [-0.39, 0.29) is 0 Å². The number of fused-ring (bicyclic) bond motifs is 1. The van der Waals surface area contributed by atoms with Gasteiger partial charge in [0.05, 0.1) is 7.11 Å². The maximum Gasteiger partial charge on any atom is 0.171 e. The smallest absolute Gasteiger partial charge is 0.171 e. The van der Waals surface area contributed by atoms with Crippen LogP contribution in [0.2, 0.25) is 5.15 Å². The number of rotatable bonds is 2. The van der Waals surface area contributed by atoms with Crippen LogP contribution in [0.5, 0.6) is 5.75 Å². The number of pyridine rings is 1. The fraction of sp³-hybridized carbons (Fsp3) is 0.500. The SMILES string of the molecule is COc1cc(C2=C[C@H]3CCNC[C@H]3C2)cnc1Cl. The van der Waals surface area contributed by atoms with Crippen LogP contribution >= 0.6 is 11.6 Å². The van der Waals surface area contributed by atoms with Crippen LogP contribution in [-0.4, -0.2) is 25.2 Å². The zero-order valence-electron chi connectivity index (χ0n) is 10.4. The Balaban J connectivity index is 1.87. The number of ether oxygens (including phenoxy) is 1. The van der Waals surface area contributed by atoms with E-state index >= 15 is 0 Å².